The second kappa shape index (κ2) is 7.11. The van der Waals surface area contributed by atoms with Gasteiger partial charge in [0.2, 0.25) is 0 Å². The van der Waals surface area contributed by atoms with Gasteiger partial charge < -0.3 is 19.2 Å². The number of H-pyrrole nitrogens is 1. The molecule has 0 saturated heterocycles. The molecule has 0 spiro atoms. The zero-order valence-electron chi connectivity index (χ0n) is 16.7. The van der Waals surface area contributed by atoms with Crippen LogP contribution in [0.25, 0.3) is 44.0 Å². The highest BCUT2D eigenvalue weighted by atomic mass is 35.5. The molecule has 6 heteroatoms. The molecule has 0 aliphatic heterocycles. The SMILES string of the molecule is COc1ccc2cc(-c3nc4ccc(Cl)cc4[nH]3)c3cc(OC)c(OC)cc3c2c1. The number of fused-ring (bicyclic) bond motifs is 4. The van der Waals surface area contributed by atoms with E-state index in [1.807, 2.05) is 48.5 Å². The van der Waals surface area contributed by atoms with Crippen LogP contribution in [0.4, 0.5) is 0 Å². The Bertz CT molecular complexity index is 1430. The summed E-state index contributed by atoms with van der Waals surface area (Å²) in [5.74, 6) is 2.89. The Morgan fingerprint density at radius 1 is 0.767 bits per heavy atom. The van der Waals surface area contributed by atoms with Crippen LogP contribution in [0.2, 0.25) is 5.02 Å². The van der Waals surface area contributed by atoms with E-state index < -0.39 is 0 Å². The van der Waals surface area contributed by atoms with E-state index in [9.17, 15) is 0 Å². The zero-order valence-corrected chi connectivity index (χ0v) is 17.5. The third-order valence-corrected chi connectivity index (χ3v) is 5.60. The summed E-state index contributed by atoms with van der Waals surface area (Å²) in [4.78, 5) is 8.21. The summed E-state index contributed by atoms with van der Waals surface area (Å²) in [6.45, 7) is 0. The van der Waals surface area contributed by atoms with E-state index in [4.69, 9.17) is 30.8 Å². The van der Waals surface area contributed by atoms with E-state index in [0.29, 0.717) is 16.5 Å². The lowest BCUT2D eigenvalue weighted by atomic mass is 9.96. The van der Waals surface area contributed by atoms with Gasteiger partial charge in [0, 0.05) is 10.6 Å². The zero-order chi connectivity index (χ0) is 20.8. The van der Waals surface area contributed by atoms with Crippen LogP contribution in [0.1, 0.15) is 0 Å². The highest BCUT2D eigenvalue weighted by molar-refractivity contribution is 6.31. The fourth-order valence-electron chi connectivity index (χ4n) is 3.88. The molecule has 150 valence electrons. The number of halogens is 1. The van der Waals surface area contributed by atoms with Crippen LogP contribution >= 0.6 is 11.6 Å². The van der Waals surface area contributed by atoms with Gasteiger partial charge in [-0.25, -0.2) is 4.98 Å². The van der Waals surface area contributed by atoms with Crippen LogP contribution < -0.4 is 14.2 Å². The molecular weight excluding hydrogens is 400 g/mol. The van der Waals surface area contributed by atoms with Gasteiger partial charge in [-0.1, -0.05) is 17.7 Å². The van der Waals surface area contributed by atoms with Crippen LogP contribution in [-0.4, -0.2) is 31.3 Å². The standard InChI is InChI=1S/C24H19ClN2O3/c1-28-15-6-4-13-8-19(24-26-20-7-5-14(25)9-21(20)27-24)18-12-23(30-3)22(29-2)11-17(18)16(13)10-15/h4-12H,1-3H3,(H,26,27). The van der Waals surface area contributed by atoms with Gasteiger partial charge in [0.1, 0.15) is 11.6 Å². The Morgan fingerprint density at radius 3 is 2.27 bits per heavy atom. The number of benzene rings is 4. The van der Waals surface area contributed by atoms with E-state index in [1.54, 1.807) is 21.3 Å². The molecule has 30 heavy (non-hydrogen) atoms. The van der Waals surface area contributed by atoms with Gasteiger partial charge in [-0.2, -0.15) is 0 Å². The number of hydrogen-bond donors (Lipinski definition) is 1. The lowest BCUT2D eigenvalue weighted by molar-refractivity contribution is 0.356. The van der Waals surface area contributed by atoms with Gasteiger partial charge in [0.05, 0.1) is 32.4 Å². The largest absolute Gasteiger partial charge is 0.497 e. The lowest BCUT2D eigenvalue weighted by Gasteiger charge is -2.14. The monoisotopic (exact) mass is 418 g/mol. The van der Waals surface area contributed by atoms with Crippen molar-refractivity contribution in [3.63, 3.8) is 0 Å². The Hall–Kier alpha value is -3.44. The fourth-order valence-corrected chi connectivity index (χ4v) is 4.06. The van der Waals surface area contributed by atoms with Crippen molar-refractivity contribution in [2.45, 2.75) is 0 Å². The highest BCUT2D eigenvalue weighted by Crippen LogP contribution is 2.41. The van der Waals surface area contributed by atoms with Crippen LogP contribution in [0.3, 0.4) is 0 Å². The van der Waals surface area contributed by atoms with Crippen molar-refractivity contribution < 1.29 is 14.2 Å². The minimum absolute atomic E-state index is 0.660. The molecule has 1 heterocycles. The van der Waals surface area contributed by atoms with E-state index in [2.05, 4.69) is 11.1 Å². The van der Waals surface area contributed by atoms with Gasteiger partial charge in [-0.05, 0) is 70.1 Å². The first kappa shape index (κ1) is 18.6. The first-order valence-electron chi connectivity index (χ1n) is 9.43. The molecular formula is C24H19ClN2O3. The summed E-state index contributed by atoms with van der Waals surface area (Å²) in [5.41, 5.74) is 2.72. The van der Waals surface area contributed by atoms with Crippen molar-refractivity contribution in [3.05, 3.63) is 59.6 Å². The first-order chi connectivity index (χ1) is 14.6. The summed E-state index contributed by atoms with van der Waals surface area (Å²) >= 11 is 6.16. The number of methoxy groups -OCH3 is 3. The van der Waals surface area contributed by atoms with E-state index >= 15 is 0 Å². The van der Waals surface area contributed by atoms with Crippen molar-refractivity contribution in [2.75, 3.05) is 21.3 Å². The molecule has 0 aliphatic rings. The Labute approximate surface area is 178 Å². The Kier molecular flexibility index (Phi) is 4.40. The van der Waals surface area contributed by atoms with Crippen molar-refractivity contribution in [3.8, 4) is 28.6 Å². The Morgan fingerprint density at radius 2 is 1.53 bits per heavy atom. The van der Waals surface area contributed by atoms with Gasteiger partial charge >= 0.3 is 0 Å². The third-order valence-electron chi connectivity index (χ3n) is 5.36. The molecule has 0 saturated carbocycles. The molecule has 0 atom stereocenters. The number of aromatic amines is 1. The number of nitrogens with one attached hydrogen (secondary N) is 1. The smallest absolute Gasteiger partial charge is 0.161 e. The molecule has 1 N–H and O–H groups in total. The Balaban J connectivity index is 1.89. The maximum Gasteiger partial charge on any atom is 0.161 e. The summed E-state index contributed by atoms with van der Waals surface area (Å²) < 4.78 is 16.6. The minimum atomic E-state index is 0.660. The molecule has 0 aliphatic carbocycles. The molecule has 0 fully saturated rings. The molecule has 0 radical (unpaired) electrons. The summed E-state index contributed by atoms with van der Waals surface area (Å²) in [6, 6.07) is 17.8. The number of hydrogen-bond acceptors (Lipinski definition) is 4. The highest BCUT2D eigenvalue weighted by Gasteiger charge is 2.16. The topological polar surface area (TPSA) is 56.4 Å². The van der Waals surface area contributed by atoms with Gasteiger partial charge in [-0.3, -0.25) is 0 Å². The van der Waals surface area contributed by atoms with Gasteiger partial charge in [0.25, 0.3) is 0 Å². The van der Waals surface area contributed by atoms with Crippen molar-refractivity contribution in [1.82, 2.24) is 9.97 Å². The quantitative estimate of drug-likeness (QED) is 0.352. The summed E-state index contributed by atoms with van der Waals surface area (Å²) in [6.07, 6.45) is 0. The van der Waals surface area contributed by atoms with Gasteiger partial charge in [0.15, 0.2) is 11.5 Å². The molecule has 1 aromatic heterocycles. The normalized spacial score (nSPS) is 11.3. The van der Waals surface area contributed by atoms with Crippen LogP contribution in [0, 0.1) is 0 Å². The predicted octanol–water partition coefficient (Wildman–Crippen LogP) is 6.22. The number of ether oxygens (including phenoxy) is 3. The van der Waals surface area contributed by atoms with E-state index in [0.717, 1.165) is 49.7 Å². The first-order valence-corrected chi connectivity index (χ1v) is 9.81. The fraction of sp³-hybridized carbons (Fsp3) is 0.125. The second-order valence-corrected chi connectivity index (χ2v) is 7.45. The number of nitrogens with zero attached hydrogens (tertiary/aromatic N) is 1. The minimum Gasteiger partial charge on any atom is -0.497 e. The van der Waals surface area contributed by atoms with Crippen molar-refractivity contribution in [1.29, 1.82) is 0 Å². The molecule has 0 unspecified atom stereocenters. The average Bonchev–Trinajstić information content (AvgIpc) is 3.20. The molecule has 0 amide bonds. The van der Waals surface area contributed by atoms with Crippen molar-refractivity contribution in [2.24, 2.45) is 0 Å². The van der Waals surface area contributed by atoms with E-state index in [-0.39, 0.29) is 0 Å². The average molecular weight is 419 g/mol. The maximum atomic E-state index is 6.16. The lowest BCUT2D eigenvalue weighted by Crippen LogP contribution is -1.93. The number of aromatic nitrogens is 2. The molecule has 5 rings (SSSR count). The van der Waals surface area contributed by atoms with Gasteiger partial charge in [-0.15, -0.1) is 0 Å². The molecule has 5 nitrogen and oxygen atoms in total. The molecule has 5 aromatic rings. The number of rotatable bonds is 4. The predicted molar refractivity (Wildman–Crippen MR) is 121 cm³/mol. The number of imidazole rings is 1. The summed E-state index contributed by atoms with van der Waals surface area (Å²) in [5, 5.41) is 4.83. The molecule has 0 bridgehead atoms. The second-order valence-electron chi connectivity index (χ2n) is 7.01. The van der Waals surface area contributed by atoms with Crippen LogP contribution in [-0.2, 0) is 0 Å². The van der Waals surface area contributed by atoms with E-state index in [1.165, 1.54) is 0 Å². The van der Waals surface area contributed by atoms with Crippen molar-refractivity contribution >= 4 is 44.2 Å². The summed E-state index contributed by atoms with van der Waals surface area (Å²) in [7, 11) is 4.94. The molecule has 4 aromatic carbocycles. The third kappa shape index (κ3) is 2.90. The van der Waals surface area contributed by atoms with Crippen LogP contribution in [0.5, 0.6) is 17.2 Å². The maximum absolute atomic E-state index is 6.16. The van der Waals surface area contributed by atoms with Crippen LogP contribution in [0.15, 0.2) is 54.6 Å².